The average molecular weight is 486 g/mol. The zero-order valence-electron chi connectivity index (χ0n) is 19.5. The normalized spacial score (nSPS) is 30.4. The largest absolute Gasteiger partial charge is 0.394 e. The third-order valence-electron chi connectivity index (χ3n) is 8.14. The minimum Gasteiger partial charge on any atom is -0.373 e. The van der Waals surface area contributed by atoms with Gasteiger partial charge in [0.15, 0.2) is 5.65 Å². The monoisotopic (exact) mass is 485 g/mol. The van der Waals surface area contributed by atoms with E-state index in [0.29, 0.717) is 47.8 Å². The van der Waals surface area contributed by atoms with Gasteiger partial charge in [0.1, 0.15) is 11.3 Å². The molecule has 3 aliphatic carbocycles. The van der Waals surface area contributed by atoms with Crippen LogP contribution in [-0.4, -0.2) is 37.3 Å². The van der Waals surface area contributed by atoms with Crippen LogP contribution in [0.5, 0.6) is 0 Å². The Labute approximate surface area is 199 Å². The molecule has 3 aromatic heterocycles. The number of fused-ring (bicyclic) bond motifs is 2. The van der Waals surface area contributed by atoms with E-state index in [1.54, 1.807) is 25.5 Å². The second-order valence-corrected chi connectivity index (χ2v) is 10.4. The molecule has 4 fully saturated rings. The highest BCUT2D eigenvalue weighted by Gasteiger charge is 2.69. The third kappa shape index (κ3) is 3.64. The summed E-state index contributed by atoms with van der Waals surface area (Å²) in [7, 11) is 1.70. The van der Waals surface area contributed by atoms with Crippen molar-refractivity contribution in [3.63, 3.8) is 0 Å². The average Bonchev–Trinajstić information content (AvgIpc) is 3.38. The maximum Gasteiger partial charge on any atom is 0.394 e. The molecule has 7 rings (SSSR count). The van der Waals surface area contributed by atoms with Gasteiger partial charge < -0.3 is 9.30 Å². The molecule has 4 aliphatic rings. The molecule has 0 amide bonds. The van der Waals surface area contributed by atoms with Crippen molar-refractivity contribution in [1.82, 2.24) is 24.5 Å². The van der Waals surface area contributed by atoms with Gasteiger partial charge >= 0.3 is 6.18 Å². The number of nitrogens with zero attached hydrogens (tertiary/aromatic N) is 5. The molecule has 35 heavy (non-hydrogen) atoms. The number of alkyl halides is 3. The second kappa shape index (κ2) is 7.81. The van der Waals surface area contributed by atoms with Gasteiger partial charge in [-0.1, -0.05) is 0 Å². The number of rotatable bonds is 3. The van der Waals surface area contributed by atoms with Crippen molar-refractivity contribution in [2.24, 2.45) is 18.4 Å². The Morgan fingerprint density at radius 3 is 2.66 bits per heavy atom. The highest BCUT2D eigenvalue weighted by atomic mass is 19.4. The van der Waals surface area contributed by atoms with Crippen molar-refractivity contribution in [1.29, 1.82) is 0 Å². The Morgan fingerprint density at radius 1 is 1.14 bits per heavy atom. The van der Waals surface area contributed by atoms with Crippen LogP contribution in [0.4, 0.5) is 13.2 Å². The fourth-order valence-corrected chi connectivity index (χ4v) is 6.19. The van der Waals surface area contributed by atoms with E-state index in [1.165, 1.54) is 10.6 Å². The lowest BCUT2D eigenvalue weighted by Gasteiger charge is -2.39. The lowest BCUT2D eigenvalue weighted by atomic mass is 9.68. The zero-order valence-corrected chi connectivity index (χ0v) is 19.5. The molecule has 2 bridgehead atoms. The van der Waals surface area contributed by atoms with Gasteiger partial charge in [0, 0.05) is 44.0 Å². The van der Waals surface area contributed by atoms with Crippen LogP contribution >= 0.6 is 0 Å². The van der Waals surface area contributed by atoms with E-state index in [2.05, 4.69) is 9.97 Å². The Kier molecular flexibility index (Phi) is 5.04. The van der Waals surface area contributed by atoms with Gasteiger partial charge in [-0.15, -0.1) is 0 Å². The molecule has 3 aromatic rings. The molecular formula is C25H26F3N5O2. The van der Waals surface area contributed by atoms with E-state index in [-0.39, 0.29) is 48.7 Å². The van der Waals surface area contributed by atoms with E-state index >= 15 is 0 Å². The van der Waals surface area contributed by atoms with E-state index in [0.717, 1.165) is 5.56 Å². The van der Waals surface area contributed by atoms with Crippen molar-refractivity contribution in [3.8, 4) is 0 Å². The summed E-state index contributed by atoms with van der Waals surface area (Å²) in [5.41, 5.74) is 1.48. The van der Waals surface area contributed by atoms with E-state index in [1.807, 2.05) is 6.92 Å². The predicted molar refractivity (Wildman–Crippen MR) is 121 cm³/mol. The summed E-state index contributed by atoms with van der Waals surface area (Å²) < 4.78 is 48.8. The van der Waals surface area contributed by atoms with Crippen molar-refractivity contribution >= 4 is 11.2 Å². The van der Waals surface area contributed by atoms with Crippen LogP contribution in [0.15, 0.2) is 29.3 Å². The molecule has 1 unspecified atom stereocenters. The Hall–Kier alpha value is -2.88. The summed E-state index contributed by atoms with van der Waals surface area (Å²) >= 11 is 0. The predicted octanol–water partition coefficient (Wildman–Crippen LogP) is 4.51. The SMILES string of the molecule is Cc1cnc2c(C3CC4(C(F)(F)F)CC3C4)nc([C@@H]3CCO[C@@H](c4ccc(=O)n(C)c4)C3)nc2n1. The molecule has 184 valence electrons. The summed E-state index contributed by atoms with van der Waals surface area (Å²) in [6, 6.07) is 3.30. The number of halogens is 3. The van der Waals surface area contributed by atoms with Crippen LogP contribution in [-0.2, 0) is 11.8 Å². The van der Waals surface area contributed by atoms with Gasteiger partial charge in [0.25, 0.3) is 0 Å². The van der Waals surface area contributed by atoms with Crippen molar-refractivity contribution in [2.75, 3.05) is 6.61 Å². The molecule has 7 nitrogen and oxygen atoms in total. The van der Waals surface area contributed by atoms with Gasteiger partial charge in [0.2, 0.25) is 5.56 Å². The minimum absolute atomic E-state index is 0.0376. The fraction of sp³-hybridized carbons (Fsp3) is 0.560. The second-order valence-electron chi connectivity index (χ2n) is 10.4. The third-order valence-corrected chi connectivity index (χ3v) is 8.14. The fourth-order valence-electron chi connectivity index (χ4n) is 6.19. The van der Waals surface area contributed by atoms with Gasteiger partial charge in [-0.25, -0.2) is 19.9 Å². The van der Waals surface area contributed by atoms with E-state index in [4.69, 9.17) is 14.7 Å². The molecule has 0 spiro atoms. The molecule has 4 heterocycles. The van der Waals surface area contributed by atoms with Gasteiger partial charge in [0.05, 0.1) is 22.9 Å². The Balaban J connectivity index is 1.37. The highest BCUT2D eigenvalue weighted by molar-refractivity contribution is 5.73. The van der Waals surface area contributed by atoms with Gasteiger partial charge in [-0.2, -0.15) is 13.2 Å². The molecule has 0 aromatic carbocycles. The number of hydrogen-bond acceptors (Lipinski definition) is 6. The van der Waals surface area contributed by atoms with Crippen LogP contribution in [0.25, 0.3) is 11.2 Å². The lowest BCUT2D eigenvalue weighted by molar-refractivity contribution is -0.244. The minimum atomic E-state index is -4.20. The summed E-state index contributed by atoms with van der Waals surface area (Å²) in [5.74, 6) is 0.219. The molecule has 1 saturated heterocycles. The quantitative estimate of drug-likeness (QED) is 0.543. The number of aromatic nitrogens is 5. The maximum absolute atomic E-state index is 13.8. The van der Waals surface area contributed by atoms with Gasteiger partial charge in [-0.05, 0) is 56.6 Å². The highest BCUT2D eigenvalue weighted by Crippen LogP contribution is 2.70. The Bertz CT molecular complexity index is 1370. The molecule has 0 N–H and O–H groups in total. The summed E-state index contributed by atoms with van der Waals surface area (Å²) in [6.45, 7) is 2.32. The summed E-state index contributed by atoms with van der Waals surface area (Å²) in [4.78, 5) is 30.5. The molecule has 1 aliphatic heterocycles. The number of pyridine rings is 1. The van der Waals surface area contributed by atoms with Crippen molar-refractivity contribution < 1.29 is 17.9 Å². The first-order valence-electron chi connectivity index (χ1n) is 12.0. The zero-order chi connectivity index (χ0) is 24.5. The van der Waals surface area contributed by atoms with Crippen LogP contribution in [0, 0.1) is 18.3 Å². The van der Waals surface area contributed by atoms with Gasteiger partial charge in [-0.3, -0.25) is 4.79 Å². The van der Waals surface area contributed by atoms with Crippen LogP contribution in [0.1, 0.15) is 72.8 Å². The van der Waals surface area contributed by atoms with E-state index < -0.39 is 11.6 Å². The number of hydrogen-bond donors (Lipinski definition) is 0. The first-order valence-corrected chi connectivity index (χ1v) is 12.0. The first kappa shape index (κ1) is 22.6. The smallest absolute Gasteiger partial charge is 0.373 e. The molecule has 0 radical (unpaired) electrons. The summed E-state index contributed by atoms with van der Waals surface area (Å²) in [5, 5.41) is 0. The Morgan fingerprint density at radius 2 is 1.94 bits per heavy atom. The maximum atomic E-state index is 13.8. The van der Waals surface area contributed by atoms with Crippen molar-refractivity contribution in [3.05, 3.63) is 57.7 Å². The molecule has 10 heteroatoms. The number of aryl methyl sites for hydroxylation is 2. The lowest BCUT2D eigenvalue weighted by Crippen LogP contribution is -2.42. The standard InChI is InChI=1S/C25H26F3N5O2/c1-13-11-29-21-20(17-10-24(25(26,27)28)8-16(17)9-24)31-22(32-23(21)30-13)14-5-6-35-18(7-14)15-3-4-19(34)33(2)12-15/h3-4,11-12,14,16-18H,5-10H2,1-2H3/t14-,16?,17?,18-,24?/m1/s1. The molecular weight excluding hydrogens is 459 g/mol. The summed E-state index contributed by atoms with van der Waals surface area (Å²) in [6.07, 6.45) is 0.667. The van der Waals surface area contributed by atoms with Crippen LogP contribution in [0.3, 0.4) is 0 Å². The molecule has 3 atom stereocenters. The van der Waals surface area contributed by atoms with Crippen LogP contribution in [0.2, 0.25) is 0 Å². The number of ether oxygens (including phenoxy) is 1. The van der Waals surface area contributed by atoms with E-state index in [9.17, 15) is 18.0 Å². The first-order chi connectivity index (χ1) is 16.6. The van der Waals surface area contributed by atoms with Crippen molar-refractivity contribution in [2.45, 2.75) is 63.1 Å². The van der Waals surface area contributed by atoms with Crippen LogP contribution < -0.4 is 5.56 Å². The topological polar surface area (TPSA) is 82.8 Å². The molecule has 3 saturated carbocycles.